The van der Waals surface area contributed by atoms with E-state index in [0.29, 0.717) is 31.3 Å². The number of hydrogen-bond donors (Lipinski definition) is 1. The number of ether oxygens (including phenoxy) is 1. The Morgan fingerprint density at radius 1 is 1.60 bits per heavy atom. The highest BCUT2D eigenvalue weighted by molar-refractivity contribution is 5.71. The van der Waals surface area contributed by atoms with Crippen LogP contribution >= 0.6 is 0 Å². The van der Waals surface area contributed by atoms with Crippen LogP contribution in [-0.2, 0) is 16.0 Å². The number of nitrogens with zero attached hydrogens (tertiary/aromatic N) is 2. The van der Waals surface area contributed by atoms with E-state index >= 15 is 0 Å². The number of rotatable bonds is 6. The van der Waals surface area contributed by atoms with Gasteiger partial charge in [0, 0.05) is 13.0 Å². The molecule has 0 atom stereocenters. The van der Waals surface area contributed by atoms with E-state index in [9.17, 15) is 4.79 Å². The molecule has 1 rings (SSSR count). The smallest absolute Gasteiger partial charge is 0.319 e. The van der Waals surface area contributed by atoms with Gasteiger partial charge < -0.3 is 14.6 Å². The summed E-state index contributed by atoms with van der Waals surface area (Å²) in [5.41, 5.74) is 0. The summed E-state index contributed by atoms with van der Waals surface area (Å²) in [7, 11) is 0. The fraction of sp³-hybridized carbons (Fsp3) is 0.667. The number of nitrogens with one attached hydrogen (secondary N) is 1. The zero-order valence-corrected chi connectivity index (χ0v) is 8.95. The largest absolute Gasteiger partial charge is 0.465 e. The van der Waals surface area contributed by atoms with E-state index in [0.717, 1.165) is 0 Å². The highest BCUT2D eigenvalue weighted by Gasteiger charge is 2.03. The Kier molecular flexibility index (Phi) is 4.76. The molecular weight excluding hydrogens is 198 g/mol. The highest BCUT2D eigenvalue weighted by atomic mass is 16.5. The normalized spacial score (nSPS) is 10.3. The molecule has 0 saturated heterocycles. The van der Waals surface area contributed by atoms with Crippen molar-refractivity contribution < 1.29 is 14.1 Å². The van der Waals surface area contributed by atoms with Crippen molar-refractivity contribution in [2.24, 2.45) is 0 Å². The van der Waals surface area contributed by atoms with E-state index < -0.39 is 0 Å². The average Bonchev–Trinajstić information content (AvgIpc) is 2.60. The minimum absolute atomic E-state index is 0.209. The number of aryl methyl sites for hydroxylation is 1. The van der Waals surface area contributed by atoms with E-state index in [1.165, 1.54) is 0 Å². The SMILES string of the molecule is CCOC(=O)CNCCc1nc(C)no1. The second-order valence-corrected chi connectivity index (χ2v) is 2.97. The maximum atomic E-state index is 10.9. The standard InChI is InChI=1S/C9H15N3O3/c1-3-14-9(13)6-10-5-4-8-11-7(2)12-15-8/h10H,3-6H2,1-2H3. The van der Waals surface area contributed by atoms with E-state index in [4.69, 9.17) is 9.26 Å². The third-order valence-corrected chi connectivity index (χ3v) is 1.66. The lowest BCUT2D eigenvalue weighted by Gasteiger charge is -2.02. The molecule has 0 unspecified atom stereocenters. The zero-order chi connectivity index (χ0) is 11.1. The van der Waals surface area contributed by atoms with Crippen LogP contribution in [0.15, 0.2) is 4.52 Å². The van der Waals surface area contributed by atoms with Gasteiger partial charge in [-0.3, -0.25) is 4.79 Å². The van der Waals surface area contributed by atoms with Crippen molar-refractivity contribution in [2.45, 2.75) is 20.3 Å². The van der Waals surface area contributed by atoms with Crippen LogP contribution in [0, 0.1) is 6.92 Å². The molecule has 1 aromatic heterocycles. The van der Waals surface area contributed by atoms with E-state index in [-0.39, 0.29) is 12.5 Å². The molecule has 0 radical (unpaired) electrons. The molecule has 0 fully saturated rings. The predicted molar refractivity (Wildman–Crippen MR) is 52.2 cm³/mol. The maximum Gasteiger partial charge on any atom is 0.319 e. The van der Waals surface area contributed by atoms with Crippen LogP contribution < -0.4 is 5.32 Å². The van der Waals surface area contributed by atoms with Crippen LogP contribution in [0.25, 0.3) is 0 Å². The first-order chi connectivity index (χ1) is 7.22. The summed E-state index contributed by atoms with van der Waals surface area (Å²) in [6.45, 7) is 4.77. The van der Waals surface area contributed by atoms with Gasteiger partial charge in [0.15, 0.2) is 5.82 Å². The lowest BCUT2D eigenvalue weighted by atomic mass is 10.4. The molecular formula is C9H15N3O3. The molecule has 0 aliphatic carbocycles. The maximum absolute atomic E-state index is 10.9. The average molecular weight is 213 g/mol. The molecule has 0 aromatic carbocycles. The number of aromatic nitrogens is 2. The Labute approximate surface area is 88.0 Å². The first-order valence-electron chi connectivity index (χ1n) is 4.88. The first kappa shape index (κ1) is 11.6. The summed E-state index contributed by atoms with van der Waals surface area (Å²) >= 11 is 0. The second-order valence-electron chi connectivity index (χ2n) is 2.97. The van der Waals surface area contributed by atoms with Gasteiger partial charge in [0.1, 0.15) is 0 Å². The molecule has 1 heterocycles. The summed E-state index contributed by atoms with van der Waals surface area (Å²) < 4.78 is 9.65. The molecule has 15 heavy (non-hydrogen) atoms. The van der Waals surface area contributed by atoms with E-state index in [2.05, 4.69) is 15.5 Å². The molecule has 1 aromatic rings. The molecule has 0 bridgehead atoms. The number of carbonyl (C=O) groups is 1. The Morgan fingerprint density at radius 2 is 2.40 bits per heavy atom. The second kappa shape index (κ2) is 6.13. The van der Waals surface area contributed by atoms with Crippen molar-refractivity contribution in [2.75, 3.05) is 19.7 Å². The Morgan fingerprint density at radius 3 is 3.00 bits per heavy atom. The minimum Gasteiger partial charge on any atom is -0.465 e. The molecule has 0 amide bonds. The van der Waals surface area contributed by atoms with Gasteiger partial charge in [-0.15, -0.1) is 0 Å². The summed E-state index contributed by atoms with van der Waals surface area (Å²) in [6.07, 6.45) is 0.611. The van der Waals surface area contributed by atoms with Gasteiger partial charge in [-0.2, -0.15) is 4.98 Å². The van der Waals surface area contributed by atoms with Crippen LogP contribution in [-0.4, -0.2) is 35.8 Å². The Bertz CT molecular complexity index is 311. The minimum atomic E-state index is -0.251. The summed E-state index contributed by atoms with van der Waals surface area (Å²) in [6, 6.07) is 0. The van der Waals surface area contributed by atoms with Crippen LogP contribution in [0.2, 0.25) is 0 Å². The van der Waals surface area contributed by atoms with Crippen molar-refractivity contribution in [1.29, 1.82) is 0 Å². The van der Waals surface area contributed by atoms with Crippen molar-refractivity contribution in [3.05, 3.63) is 11.7 Å². The summed E-state index contributed by atoms with van der Waals surface area (Å²) in [5, 5.41) is 6.58. The van der Waals surface area contributed by atoms with Crippen molar-refractivity contribution in [3.8, 4) is 0 Å². The highest BCUT2D eigenvalue weighted by Crippen LogP contribution is 1.95. The van der Waals surface area contributed by atoms with Crippen molar-refractivity contribution in [3.63, 3.8) is 0 Å². The molecule has 0 saturated carbocycles. The molecule has 0 spiro atoms. The molecule has 0 aliphatic rings. The van der Waals surface area contributed by atoms with Crippen LogP contribution in [0.1, 0.15) is 18.6 Å². The Hall–Kier alpha value is -1.43. The molecule has 6 heteroatoms. The summed E-state index contributed by atoms with van der Waals surface area (Å²) in [5.74, 6) is 0.943. The van der Waals surface area contributed by atoms with Crippen molar-refractivity contribution >= 4 is 5.97 Å². The number of esters is 1. The monoisotopic (exact) mass is 213 g/mol. The fourth-order valence-electron chi connectivity index (χ4n) is 1.04. The van der Waals surface area contributed by atoms with Crippen molar-refractivity contribution in [1.82, 2.24) is 15.5 Å². The molecule has 1 N–H and O–H groups in total. The van der Waals surface area contributed by atoms with Gasteiger partial charge in [0.25, 0.3) is 0 Å². The van der Waals surface area contributed by atoms with Gasteiger partial charge in [0.05, 0.1) is 13.2 Å². The lowest BCUT2D eigenvalue weighted by Crippen LogP contribution is -2.26. The molecule has 0 aliphatic heterocycles. The van der Waals surface area contributed by atoms with Crippen LogP contribution in [0.5, 0.6) is 0 Å². The van der Waals surface area contributed by atoms with Gasteiger partial charge in [-0.25, -0.2) is 0 Å². The first-order valence-corrected chi connectivity index (χ1v) is 4.88. The van der Waals surface area contributed by atoms with E-state index in [1.807, 2.05) is 0 Å². The summed E-state index contributed by atoms with van der Waals surface area (Å²) in [4.78, 5) is 15.0. The zero-order valence-electron chi connectivity index (χ0n) is 8.95. The third kappa shape index (κ3) is 4.55. The van der Waals surface area contributed by atoms with Gasteiger partial charge in [-0.05, 0) is 13.8 Å². The number of hydrogen-bond acceptors (Lipinski definition) is 6. The third-order valence-electron chi connectivity index (χ3n) is 1.66. The van der Waals surface area contributed by atoms with Crippen LogP contribution in [0.3, 0.4) is 0 Å². The fourth-order valence-corrected chi connectivity index (χ4v) is 1.04. The van der Waals surface area contributed by atoms with Crippen LogP contribution in [0.4, 0.5) is 0 Å². The van der Waals surface area contributed by atoms with Gasteiger partial charge in [0.2, 0.25) is 5.89 Å². The van der Waals surface area contributed by atoms with Gasteiger partial charge >= 0.3 is 5.97 Å². The topological polar surface area (TPSA) is 77.2 Å². The molecule has 84 valence electrons. The quantitative estimate of drug-likeness (QED) is 0.532. The number of carbonyl (C=O) groups excluding carboxylic acids is 1. The Balaban J connectivity index is 2.09. The lowest BCUT2D eigenvalue weighted by molar-refractivity contribution is -0.141. The van der Waals surface area contributed by atoms with Gasteiger partial charge in [-0.1, -0.05) is 5.16 Å². The predicted octanol–water partition coefficient (Wildman–Crippen LogP) is 0.0732. The van der Waals surface area contributed by atoms with E-state index in [1.54, 1.807) is 13.8 Å². The molecule has 6 nitrogen and oxygen atoms in total.